The number of amides is 2. The molecule has 1 heterocycles. The van der Waals surface area contributed by atoms with Crippen molar-refractivity contribution in [2.24, 2.45) is 0 Å². The van der Waals surface area contributed by atoms with Gasteiger partial charge >= 0.3 is 5.76 Å². The number of imide groups is 1. The van der Waals surface area contributed by atoms with Gasteiger partial charge in [-0.15, -0.1) is 0 Å². The molecule has 2 rings (SSSR count). The fourth-order valence-electron chi connectivity index (χ4n) is 2.35. The lowest BCUT2D eigenvalue weighted by molar-refractivity contribution is -0.140. The maximum atomic E-state index is 12.4. The molecule has 0 radical (unpaired) electrons. The van der Waals surface area contributed by atoms with Crippen molar-refractivity contribution in [1.82, 2.24) is 4.90 Å². The van der Waals surface area contributed by atoms with Gasteiger partial charge in [0.25, 0.3) is 5.91 Å². The zero-order chi connectivity index (χ0) is 17.4. The monoisotopic (exact) mass is 346 g/mol. The Hall–Kier alpha value is -2.03. The number of halogens is 2. The zero-order valence-corrected chi connectivity index (χ0v) is 13.3. The molecule has 1 aliphatic rings. The molecule has 1 aliphatic heterocycles. The number of carbonyl (C=O) groups excluding carboxylic acids is 2. The van der Waals surface area contributed by atoms with E-state index in [0.29, 0.717) is 5.69 Å². The predicted octanol–water partition coefficient (Wildman–Crippen LogP) is 1.63. The lowest BCUT2D eigenvalue weighted by Gasteiger charge is -2.19. The summed E-state index contributed by atoms with van der Waals surface area (Å²) in [5.41, 5.74) is 0.370. The van der Waals surface area contributed by atoms with Crippen LogP contribution in [0.15, 0.2) is 29.2 Å². The molecule has 9 heteroatoms. The number of alkyl halides is 2. The van der Waals surface area contributed by atoms with E-state index < -0.39 is 26.5 Å². The summed E-state index contributed by atoms with van der Waals surface area (Å²) < 4.78 is 47.5. The van der Waals surface area contributed by atoms with E-state index in [1.165, 1.54) is 12.1 Å². The molecule has 0 aliphatic carbocycles. The third-order valence-electron chi connectivity index (χ3n) is 3.46. The van der Waals surface area contributed by atoms with Crippen molar-refractivity contribution in [3.05, 3.63) is 24.3 Å². The van der Waals surface area contributed by atoms with E-state index in [1.807, 2.05) is 0 Å². The minimum Gasteiger partial charge on any atom is -0.373 e. The Morgan fingerprint density at radius 1 is 1.17 bits per heavy atom. The Kier molecular flexibility index (Phi) is 4.69. The van der Waals surface area contributed by atoms with Gasteiger partial charge in [-0.05, 0) is 38.1 Å². The van der Waals surface area contributed by atoms with E-state index in [1.54, 1.807) is 13.8 Å². The van der Waals surface area contributed by atoms with Gasteiger partial charge in [-0.2, -0.15) is 8.78 Å². The van der Waals surface area contributed by atoms with Crippen LogP contribution in [0.3, 0.4) is 0 Å². The molecule has 23 heavy (non-hydrogen) atoms. The SMILES string of the molecule is CC(C)N1C(=O)CC(Nc2ccc(S(=O)(=O)C(F)F)cc2)C1=O. The summed E-state index contributed by atoms with van der Waals surface area (Å²) in [6.45, 7) is 3.45. The normalized spacial score (nSPS) is 19.0. The van der Waals surface area contributed by atoms with Crippen LogP contribution in [0.1, 0.15) is 20.3 Å². The average Bonchev–Trinajstić information content (AvgIpc) is 2.73. The molecule has 1 N–H and O–H groups in total. The molecule has 1 saturated heterocycles. The molecular weight excluding hydrogens is 330 g/mol. The number of rotatable bonds is 5. The summed E-state index contributed by atoms with van der Waals surface area (Å²) in [5, 5.41) is 2.82. The van der Waals surface area contributed by atoms with E-state index in [9.17, 15) is 26.8 Å². The van der Waals surface area contributed by atoms with Crippen LogP contribution >= 0.6 is 0 Å². The van der Waals surface area contributed by atoms with Gasteiger partial charge in [0.1, 0.15) is 6.04 Å². The first-order chi connectivity index (χ1) is 10.6. The Morgan fingerprint density at radius 3 is 2.17 bits per heavy atom. The van der Waals surface area contributed by atoms with Crippen LogP contribution < -0.4 is 5.32 Å². The Bertz CT molecular complexity index is 717. The molecule has 1 atom stereocenters. The largest absolute Gasteiger partial charge is 0.373 e. The van der Waals surface area contributed by atoms with Crippen LogP contribution in [0.25, 0.3) is 0 Å². The van der Waals surface area contributed by atoms with Crippen molar-refractivity contribution in [3.8, 4) is 0 Å². The van der Waals surface area contributed by atoms with Gasteiger partial charge in [0.05, 0.1) is 11.3 Å². The highest BCUT2D eigenvalue weighted by atomic mass is 32.2. The Labute approximate surface area is 132 Å². The number of sulfone groups is 1. The molecule has 1 aromatic carbocycles. The maximum Gasteiger partial charge on any atom is 0.341 e. The number of carbonyl (C=O) groups is 2. The standard InChI is InChI=1S/C14H16F2N2O4S/c1-8(2)18-12(19)7-11(13(18)20)17-9-3-5-10(6-4-9)23(21,22)14(15)16/h3-6,8,11,14,17H,7H2,1-2H3. The number of hydrogen-bond donors (Lipinski definition) is 1. The van der Waals surface area contributed by atoms with E-state index in [0.717, 1.165) is 17.0 Å². The Balaban J connectivity index is 2.14. The van der Waals surface area contributed by atoms with Gasteiger partial charge in [-0.25, -0.2) is 8.42 Å². The number of hydrogen-bond acceptors (Lipinski definition) is 5. The second kappa shape index (κ2) is 6.23. The summed E-state index contributed by atoms with van der Waals surface area (Å²) in [6.07, 6.45) is -0.00586. The summed E-state index contributed by atoms with van der Waals surface area (Å²) >= 11 is 0. The van der Waals surface area contributed by atoms with Gasteiger partial charge in [0.15, 0.2) is 0 Å². The maximum absolute atomic E-state index is 12.4. The number of likely N-dealkylation sites (tertiary alicyclic amines) is 1. The molecule has 1 unspecified atom stereocenters. The number of benzene rings is 1. The van der Waals surface area contributed by atoms with E-state index >= 15 is 0 Å². The summed E-state index contributed by atoms with van der Waals surface area (Å²) in [7, 11) is -4.65. The van der Waals surface area contributed by atoms with Crippen molar-refractivity contribution < 1.29 is 26.8 Å². The van der Waals surface area contributed by atoms with Gasteiger partial charge in [-0.1, -0.05) is 0 Å². The zero-order valence-electron chi connectivity index (χ0n) is 12.5. The third kappa shape index (κ3) is 3.34. The van der Waals surface area contributed by atoms with E-state index in [4.69, 9.17) is 0 Å². The first kappa shape index (κ1) is 17.3. The molecule has 2 amide bonds. The highest BCUT2D eigenvalue weighted by Crippen LogP contribution is 2.23. The molecule has 6 nitrogen and oxygen atoms in total. The van der Waals surface area contributed by atoms with Crippen LogP contribution in [0.4, 0.5) is 14.5 Å². The quantitative estimate of drug-likeness (QED) is 0.820. The van der Waals surface area contributed by atoms with E-state index in [2.05, 4.69) is 5.32 Å². The molecular formula is C14H16F2N2O4S. The second-order valence-corrected chi connectivity index (χ2v) is 7.34. The lowest BCUT2D eigenvalue weighted by Crippen LogP contribution is -2.39. The van der Waals surface area contributed by atoms with Gasteiger partial charge < -0.3 is 5.32 Å². The van der Waals surface area contributed by atoms with Crippen LogP contribution in [-0.2, 0) is 19.4 Å². The van der Waals surface area contributed by atoms with Crippen LogP contribution in [0.5, 0.6) is 0 Å². The molecule has 0 saturated carbocycles. The summed E-state index contributed by atoms with van der Waals surface area (Å²) in [6, 6.07) is 3.63. The summed E-state index contributed by atoms with van der Waals surface area (Å²) in [4.78, 5) is 24.6. The van der Waals surface area contributed by atoms with Crippen molar-refractivity contribution in [1.29, 1.82) is 0 Å². The average molecular weight is 346 g/mol. The van der Waals surface area contributed by atoms with Crippen molar-refractivity contribution in [3.63, 3.8) is 0 Å². The molecule has 126 valence electrons. The highest BCUT2D eigenvalue weighted by molar-refractivity contribution is 7.91. The highest BCUT2D eigenvalue weighted by Gasteiger charge is 2.39. The fourth-order valence-corrected chi connectivity index (χ4v) is 3.07. The third-order valence-corrected chi connectivity index (χ3v) is 4.86. The first-order valence-corrected chi connectivity index (χ1v) is 8.43. The van der Waals surface area contributed by atoms with Gasteiger partial charge in [-0.3, -0.25) is 14.5 Å². The molecule has 1 aromatic rings. The van der Waals surface area contributed by atoms with Gasteiger partial charge in [0.2, 0.25) is 15.7 Å². The fraction of sp³-hybridized carbons (Fsp3) is 0.429. The van der Waals surface area contributed by atoms with E-state index in [-0.39, 0.29) is 24.3 Å². The minimum absolute atomic E-state index is 0.00586. The molecule has 0 aromatic heterocycles. The number of anilines is 1. The van der Waals surface area contributed by atoms with Gasteiger partial charge in [0, 0.05) is 11.7 Å². The smallest absolute Gasteiger partial charge is 0.341 e. The van der Waals surface area contributed by atoms with Crippen LogP contribution in [0, 0.1) is 0 Å². The topological polar surface area (TPSA) is 83.6 Å². The Morgan fingerprint density at radius 2 is 1.74 bits per heavy atom. The number of nitrogens with zero attached hydrogens (tertiary/aromatic N) is 1. The van der Waals surface area contributed by atoms with Crippen LogP contribution in [-0.4, -0.2) is 43.0 Å². The molecule has 0 bridgehead atoms. The summed E-state index contributed by atoms with van der Waals surface area (Å²) in [5.74, 6) is -4.15. The first-order valence-electron chi connectivity index (χ1n) is 6.89. The minimum atomic E-state index is -4.65. The number of nitrogens with one attached hydrogen (secondary N) is 1. The van der Waals surface area contributed by atoms with Crippen LogP contribution in [0.2, 0.25) is 0 Å². The predicted molar refractivity (Wildman–Crippen MR) is 78.6 cm³/mol. The van der Waals surface area contributed by atoms with Crippen molar-refractivity contribution in [2.45, 2.75) is 43.0 Å². The lowest BCUT2D eigenvalue weighted by atomic mass is 10.2. The second-order valence-electron chi connectivity index (χ2n) is 5.43. The van der Waals surface area contributed by atoms with Crippen molar-refractivity contribution in [2.75, 3.05) is 5.32 Å². The molecule has 0 spiro atoms. The van der Waals surface area contributed by atoms with Crippen molar-refractivity contribution >= 4 is 27.3 Å². The molecule has 1 fully saturated rings.